The lowest BCUT2D eigenvalue weighted by molar-refractivity contribution is 0.0933. The first kappa shape index (κ1) is 21.9. The summed E-state index contributed by atoms with van der Waals surface area (Å²) in [6.45, 7) is 7.22. The highest BCUT2D eigenvalue weighted by Crippen LogP contribution is 2.38. The Labute approximate surface area is 199 Å². The van der Waals surface area contributed by atoms with Crippen molar-refractivity contribution in [2.45, 2.75) is 39.8 Å². The molecule has 5 rings (SSSR count). The Morgan fingerprint density at radius 3 is 2.65 bits per heavy atom. The highest BCUT2D eigenvalue weighted by Gasteiger charge is 2.27. The molecule has 0 radical (unpaired) electrons. The van der Waals surface area contributed by atoms with E-state index in [1.54, 1.807) is 6.20 Å². The fraction of sp³-hybridized carbons (Fsp3) is 0.250. The number of fused-ring (bicyclic) bond motifs is 1. The minimum absolute atomic E-state index is 0.0991. The molecule has 2 aromatic heterocycles. The molecule has 1 N–H and O–H groups in total. The van der Waals surface area contributed by atoms with Crippen molar-refractivity contribution in [1.29, 1.82) is 0 Å². The van der Waals surface area contributed by atoms with Crippen LogP contribution in [0.4, 0.5) is 0 Å². The molecule has 1 amide bonds. The lowest BCUT2D eigenvalue weighted by Gasteiger charge is -2.14. The third-order valence-electron chi connectivity index (χ3n) is 6.24. The summed E-state index contributed by atoms with van der Waals surface area (Å²) in [5, 5.41) is 7.53. The number of rotatable bonds is 6. The van der Waals surface area contributed by atoms with Gasteiger partial charge in [0.1, 0.15) is 11.9 Å². The molecule has 4 aromatic rings. The van der Waals surface area contributed by atoms with Crippen LogP contribution in [0, 0.1) is 20.8 Å². The van der Waals surface area contributed by atoms with Gasteiger partial charge < -0.3 is 10.1 Å². The Bertz CT molecular complexity index is 1340. The van der Waals surface area contributed by atoms with Crippen LogP contribution in [0.25, 0.3) is 11.3 Å². The summed E-state index contributed by atoms with van der Waals surface area (Å²) in [5.74, 6) is 0.773. The molecule has 1 aliphatic rings. The molecule has 0 fully saturated rings. The van der Waals surface area contributed by atoms with Crippen LogP contribution in [0.1, 0.15) is 38.4 Å². The van der Waals surface area contributed by atoms with Crippen molar-refractivity contribution < 1.29 is 9.53 Å². The van der Waals surface area contributed by atoms with Gasteiger partial charge in [-0.05, 0) is 67.8 Å². The number of carbonyl (C=O) groups excluding carboxylic acids is 1. The van der Waals surface area contributed by atoms with Crippen molar-refractivity contribution in [2.75, 3.05) is 6.54 Å². The monoisotopic (exact) mass is 452 g/mol. The predicted octanol–water partition coefficient (Wildman–Crippen LogP) is 4.65. The molecule has 1 atom stereocenters. The van der Waals surface area contributed by atoms with E-state index in [0.717, 1.165) is 51.5 Å². The minimum atomic E-state index is -0.102. The second-order valence-electron chi connectivity index (χ2n) is 8.90. The van der Waals surface area contributed by atoms with Gasteiger partial charge in [0.15, 0.2) is 0 Å². The maximum absolute atomic E-state index is 12.7. The zero-order chi connectivity index (χ0) is 23.7. The highest BCUT2D eigenvalue weighted by atomic mass is 16.5. The van der Waals surface area contributed by atoms with Gasteiger partial charge in [0, 0.05) is 29.4 Å². The van der Waals surface area contributed by atoms with Crippen LogP contribution in [0.5, 0.6) is 5.75 Å². The summed E-state index contributed by atoms with van der Waals surface area (Å²) in [6.07, 6.45) is 2.46. The van der Waals surface area contributed by atoms with Crippen LogP contribution in [0.2, 0.25) is 0 Å². The average Bonchev–Trinajstić information content (AvgIpc) is 3.40. The topological polar surface area (TPSA) is 69.0 Å². The number of nitrogens with zero attached hydrogens (tertiary/aromatic N) is 3. The molecule has 6 heteroatoms. The van der Waals surface area contributed by atoms with E-state index in [9.17, 15) is 4.79 Å². The van der Waals surface area contributed by atoms with E-state index < -0.39 is 0 Å². The number of carbonyl (C=O) groups is 1. The molecule has 1 aliphatic heterocycles. The maximum atomic E-state index is 12.7. The van der Waals surface area contributed by atoms with Gasteiger partial charge in [-0.15, -0.1) is 0 Å². The van der Waals surface area contributed by atoms with Gasteiger partial charge in [0.25, 0.3) is 5.91 Å². The quantitative estimate of drug-likeness (QED) is 0.462. The summed E-state index contributed by atoms with van der Waals surface area (Å²) in [6, 6.07) is 19.9. The third kappa shape index (κ3) is 4.44. The van der Waals surface area contributed by atoms with E-state index in [0.29, 0.717) is 18.7 Å². The molecule has 172 valence electrons. The van der Waals surface area contributed by atoms with Gasteiger partial charge in [-0.25, -0.2) is 0 Å². The van der Waals surface area contributed by atoms with E-state index >= 15 is 0 Å². The summed E-state index contributed by atoms with van der Waals surface area (Å²) < 4.78 is 8.24. The van der Waals surface area contributed by atoms with E-state index in [1.807, 2.05) is 61.0 Å². The number of ether oxygens (including phenoxy) is 1. The molecule has 0 bridgehead atoms. The molecule has 0 saturated carbocycles. The SMILES string of the molecule is Cc1cc(C)n(Cc2ccc(C(=O)NC[C@@H]3Cc4cccc(-c5ncccc5C)c4O3)cc2)n1. The fourth-order valence-electron chi connectivity index (χ4n) is 4.48. The van der Waals surface area contributed by atoms with Crippen molar-refractivity contribution in [3.63, 3.8) is 0 Å². The van der Waals surface area contributed by atoms with E-state index in [2.05, 4.69) is 40.5 Å². The molecular weight excluding hydrogens is 424 g/mol. The van der Waals surface area contributed by atoms with Crippen molar-refractivity contribution in [3.8, 4) is 17.0 Å². The summed E-state index contributed by atoms with van der Waals surface area (Å²) in [5.41, 5.74) is 8.07. The van der Waals surface area contributed by atoms with Crippen molar-refractivity contribution in [2.24, 2.45) is 0 Å². The Morgan fingerprint density at radius 1 is 1.09 bits per heavy atom. The third-order valence-corrected chi connectivity index (χ3v) is 6.24. The molecular formula is C28H28N4O2. The molecule has 2 aromatic carbocycles. The number of amides is 1. The Kier molecular flexibility index (Phi) is 5.88. The molecule has 3 heterocycles. The first-order valence-corrected chi connectivity index (χ1v) is 11.6. The summed E-state index contributed by atoms with van der Waals surface area (Å²) >= 11 is 0. The van der Waals surface area contributed by atoms with Gasteiger partial charge in [-0.1, -0.05) is 30.3 Å². The number of hydrogen-bond acceptors (Lipinski definition) is 4. The van der Waals surface area contributed by atoms with Gasteiger partial charge >= 0.3 is 0 Å². The normalized spacial score (nSPS) is 14.5. The molecule has 0 unspecified atom stereocenters. The zero-order valence-corrected chi connectivity index (χ0v) is 19.7. The fourth-order valence-corrected chi connectivity index (χ4v) is 4.48. The molecule has 34 heavy (non-hydrogen) atoms. The number of benzene rings is 2. The van der Waals surface area contributed by atoms with Crippen LogP contribution in [0.15, 0.2) is 66.9 Å². The van der Waals surface area contributed by atoms with E-state index in [1.165, 1.54) is 0 Å². The smallest absolute Gasteiger partial charge is 0.251 e. The van der Waals surface area contributed by atoms with Crippen molar-refractivity contribution >= 4 is 5.91 Å². The largest absolute Gasteiger partial charge is 0.487 e. The lowest BCUT2D eigenvalue weighted by atomic mass is 10.0. The molecule has 6 nitrogen and oxygen atoms in total. The highest BCUT2D eigenvalue weighted by molar-refractivity contribution is 5.94. The second kappa shape index (κ2) is 9.14. The van der Waals surface area contributed by atoms with Crippen LogP contribution < -0.4 is 10.1 Å². The van der Waals surface area contributed by atoms with Gasteiger partial charge in [-0.2, -0.15) is 5.10 Å². The summed E-state index contributed by atoms with van der Waals surface area (Å²) in [4.78, 5) is 17.3. The zero-order valence-electron chi connectivity index (χ0n) is 19.7. The van der Waals surface area contributed by atoms with Crippen LogP contribution in [-0.4, -0.2) is 33.3 Å². The van der Waals surface area contributed by atoms with Crippen LogP contribution in [0.3, 0.4) is 0 Å². The molecule has 0 saturated heterocycles. The van der Waals surface area contributed by atoms with Crippen LogP contribution >= 0.6 is 0 Å². The average molecular weight is 453 g/mol. The molecule has 0 aliphatic carbocycles. The van der Waals surface area contributed by atoms with Gasteiger partial charge in [0.2, 0.25) is 0 Å². The van der Waals surface area contributed by atoms with Crippen LogP contribution in [-0.2, 0) is 13.0 Å². The molecule has 0 spiro atoms. The number of nitrogens with one attached hydrogen (secondary N) is 1. The lowest BCUT2D eigenvalue weighted by Crippen LogP contribution is -2.34. The number of pyridine rings is 1. The number of para-hydroxylation sites is 1. The number of aryl methyl sites for hydroxylation is 3. The van der Waals surface area contributed by atoms with Crippen molar-refractivity contribution in [3.05, 3.63) is 101 Å². The van der Waals surface area contributed by atoms with E-state index in [-0.39, 0.29) is 12.0 Å². The van der Waals surface area contributed by atoms with Gasteiger partial charge in [-0.3, -0.25) is 14.5 Å². The standard InChI is InChI=1S/C28H28N4O2/c1-18-6-5-13-29-26(18)25-8-4-7-23-15-24(34-27(23)25)16-30-28(33)22-11-9-21(10-12-22)17-32-20(3)14-19(2)31-32/h4-14,24H,15-17H2,1-3H3,(H,30,33)/t24-/m0/s1. The Balaban J connectivity index is 1.21. The number of hydrogen-bond donors (Lipinski definition) is 1. The van der Waals surface area contributed by atoms with Gasteiger partial charge in [0.05, 0.1) is 24.5 Å². The predicted molar refractivity (Wildman–Crippen MR) is 132 cm³/mol. The van der Waals surface area contributed by atoms with Crippen molar-refractivity contribution in [1.82, 2.24) is 20.1 Å². The van der Waals surface area contributed by atoms with E-state index in [4.69, 9.17) is 4.74 Å². The Morgan fingerprint density at radius 2 is 1.91 bits per heavy atom. The summed E-state index contributed by atoms with van der Waals surface area (Å²) in [7, 11) is 0. The second-order valence-corrected chi connectivity index (χ2v) is 8.90. The Hall–Kier alpha value is -3.93. The first-order valence-electron chi connectivity index (χ1n) is 11.6. The maximum Gasteiger partial charge on any atom is 0.251 e. The first-order chi connectivity index (χ1) is 16.5. The number of aromatic nitrogens is 3. The minimum Gasteiger partial charge on any atom is -0.487 e.